The lowest BCUT2D eigenvalue weighted by molar-refractivity contribution is 0.457. The predicted molar refractivity (Wildman–Crippen MR) is 76.5 cm³/mol. The van der Waals surface area contributed by atoms with Crippen LogP contribution in [0.5, 0.6) is 11.6 Å². The molecule has 100 valence electrons. The van der Waals surface area contributed by atoms with E-state index in [0.717, 1.165) is 11.3 Å². The van der Waals surface area contributed by atoms with Crippen LogP contribution >= 0.6 is 0 Å². The smallest absolute Gasteiger partial charge is 0.226 e. The molecule has 1 aromatic heterocycles. The average molecular weight is 257 g/mol. The third kappa shape index (κ3) is 3.02. The number of benzene rings is 1. The highest BCUT2D eigenvalue weighted by Crippen LogP contribution is 2.27. The van der Waals surface area contributed by atoms with E-state index >= 15 is 0 Å². The summed E-state index contributed by atoms with van der Waals surface area (Å²) < 4.78 is 5.77. The van der Waals surface area contributed by atoms with E-state index in [2.05, 4.69) is 36.8 Å². The first-order valence-corrected chi connectivity index (χ1v) is 6.35. The summed E-state index contributed by atoms with van der Waals surface area (Å²) in [6.07, 6.45) is 1.66. The molecule has 0 bridgehead atoms. The van der Waals surface area contributed by atoms with Crippen LogP contribution in [0.1, 0.15) is 36.5 Å². The van der Waals surface area contributed by atoms with Gasteiger partial charge in [-0.25, -0.2) is 4.98 Å². The zero-order valence-electron chi connectivity index (χ0n) is 11.8. The number of nitrogens with two attached hydrogens (primary N) is 1. The largest absolute Gasteiger partial charge is 0.439 e. The Bertz CT molecular complexity index is 594. The lowest BCUT2D eigenvalue weighted by Crippen LogP contribution is -1.99. The number of hydrogen-bond donors (Lipinski definition) is 1. The lowest BCUT2D eigenvalue weighted by Gasteiger charge is -2.12. The number of aromatic nitrogens is 2. The molecule has 4 nitrogen and oxygen atoms in total. The van der Waals surface area contributed by atoms with Crippen LogP contribution in [0.15, 0.2) is 24.4 Å². The zero-order valence-corrected chi connectivity index (χ0v) is 11.8. The number of ether oxygens (including phenoxy) is 1. The molecule has 1 aromatic carbocycles. The Hall–Kier alpha value is -2.10. The first kappa shape index (κ1) is 13.3. The van der Waals surface area contributed by atoms with Gasteiger partial charge in [0, 0.05) is 11.8 Å². The van der Waals surface area contributed by atoms with E-state index in [1.165, 1.54) is 11.1 Å². The van der Waals surface area contributed by atoms with Crippen LogP contribution in [0.2, 0.25) is 0 Å². The molecule has 0 saturated carbocycles. The maximum absolute atomic E-state index is 5.77. The van der Waals surface area contributed by atoms with Gasteiger partial charge in [-0.3, -0.25) is 0 Å². The van der Waals surface area contributed by atoms with E-state index in [0.29, 0.717) is 11.8 Å². The number of aryl methyl sites for hydroxylation is 2. The van der Waals surface area contributed by atoms with E-state index in [9.17, 15) is 0 Å². The Morgan fingerprint density at radius 3 is 2.53 bits per heavy atom. The number of rotatable bonds is 3. The van der Waals surface area contributed by atoms with E-state index < -0.39 is 0 Å². The van der Waals surface area contributed by atoms with Gasteiger partial charge < -0.3 is 10.5 Å². The second-order valence-electron chi connectivity index (χ2n) is 4.99. The van der Waals surface area contributed by atoms with Gasteiger partial charge in [-0.15, -0.1) is 0 Å². The summed E-state index contributed by atoms with van der Waals surface area (Å²) in [6.45, 7) is 8.34. The Morgan fingerprint density at radius 2 is 1.89 bits per heavy atom. The third-order valence-electron chi connectivity index (χ3n) is 3.02. The summed E-state index contributed by atoms with van der Waals surface area (Å²) in [4.78, 5) is 8.02. The minimum Gasteiger partial charge on any atom is -0.439 e. The van der Waals surface area contributed by atoms with Crippen LogP contribution < -0.4 is 10.5 Å². The van der Waals surface area contributed by atoms with Crippen LogP contribution in [-0.2, 0) is 0 Å². The van der Waals surface area contributed by atoms with E-state index in [-0.39, 0.29) is 5.95 Å². The quantitative estimate of drug-likeness (QED) is 0.912. The zero-order chi connectivity index (χ0) is 14.0. The van der Waals surface area contributed by atoms with Crippen LogP contribution in [0.25, 0.3) is 0 Å². The second kappa shape index (κ2) is 5.26. The average Bonchev–Trinajstić information content (AvgIpc) is 2.33. The highest BCUT2D eigenvalue weighted by Gasteiger charge is 2.08. The van der Waals surface area contributed by atoms with Gasteiger partial charge in [0.05, 0.1) is 0 Å². The van der Waals surface area contributed by atoms with Gasteiger partial charge in [0.1, 0.15) is 5.75 Å². The third-order valence-corrected chi connectivity index (χ3v) is 3.02. The number of nitrogens with zero attached hydrogens (tertiary/aromatic N) is 2. The second-order valence-corrected chi connectivity index (χ2v) is 4.99. The molecule has 0 aliphatic carbocycles. The van der Waals surface area contributed by atoms with Gasteiger partial charge in [0.15, 0.2) is 0 Å². The van der Waals surface area contributed by atoms with Crippen LogP contribution in [-0.4, -0.2) is 9.97 Å². The fraction of sp³-hybridized carbons (Fsp3) is 0.333. The molecule has 2 N–H and O–H groups in total. The van der Waals surface area contributed by atoms with Crippen molar-refractivity contribution < 1.29 is 4.74 Å². The fourth-order valence-corrected chi connectivity index (χ4v) is 2.01. The molecule has 0 radical (unpaired) electrons. The number of nitrogen functional groups attached to an aromatic ring is 1. The summed E-state index contributed by atoms with van der Waals surface area (Å²) in [6, 6.07) is 6.07. The highest BCUT2D eigenvalue weighted by molar-refractivity contribution is 5.39. The van der Waals surface area contributed by atoms with Gasteiger partial charge in [-0.2, -0.15) is 4.98 Å². The van der Waals surface area contributed by atoms with Crippen molar-refractivity contribution in [1.29, 1.82) is 0 Å². The molecular formula is C15H19N3O. The Balaban J connectivity index is 2.29. The molecule has 0 amide bonds. The van der Waals surface area contributed by atoms with Crippen molar-refractivity contribution in [3.8, 4) is 11.6 Å². The summed E-state index contributed by atoms with van der Waals surface area (Å²) in [5, 5.41) is 0. The maximum Gasteiger partial charge on any atom is 0.226 e. The molecule has 0 aliphatic rings. The van der Waals surface area contributed by atoms with Gasteiger partial charge in [0.25, 0.3) is 0 Å². The van der Waals surface area contributed by atoms with Crippen LogP contribution in [0, 0.1) is 13.8 Å². The van der Waals surface area contributed by atoms with Crippen LogP contribution in [0.4, 0.5) is 5.95 Å². The summed E-state index contributed by atoms with van der Waals surface area (Å²) in [7, 11) is 0. The monoisotopic (exact) mass is 257 g/mol. The van der Waals surface area contributed by atoms with Crippen molar-refractivity contribution >= 4 is 5.95 Å². The van der Waals surface area contributed by atoms with E-state index in [1.54, 1.807) is 6.20 Å². The van der Waals surface area contributed by atoms with Gasteiger partial charge in [-0.05, 0) is 43.0 Å². The number of anilines is 1. The van der Waals surface area contributed by atoms with Gasteiger partial charge in [0.2, 0.25) is 11.8 Å². The van der Waals surface area contributed by atoms with Crippen LogP contribution in [0.3, 0.4) is 0 Å². The Kier molecular flexibility index (Phi) is 3.69. The molecule has 0 spiro atoms. The molecule has 4 heteroatoms. The Labute approximate surface area is 113 Å². The topological polar surface area (TPSA) is 61.0 Å². The first-order chi connectivity index (χ1) is 8.97. The molecule has 1 heterocycles. The Morgan fingerprint density at radius 1 is 1.16 bits per heavy atom. The predicted octanol–water partition coefficient (Wildman–Crippen LogP) is 3.59. The minimum atomic E-state index is 0.219. The molecule has 0 atom stereocenters. The molecular weight excluding hydrogens is 238 g/mol. The normalized spacial score (nSPS) is 10.8. The van der Waals surface area contributed by atoms with Crippen molar-refractivity contribution in [3.63, 3.8) is 0 Å². The van der Waals surface area contributed by atoms with E-state index in [4.69, 9.17) is 10.5 Å². The van der Waals surface area contributed by atoms with Gasteiger partial charge >= 0.3 is 0 Å². The summed E-state index contributed by atoms with van der Waals surface area (Å²) in [5.41, 5.74) is 8.97. The molecule has 19 heavy (non-hydrogen) atoms. The standard InChI is InChI=1S/C15H19N3O/c1-9(2)13-6-5-12(7-10(13)3)19-14-11(4)8-17-15(16)18-14/h5-9H,1-4H3,(H2,16,17,18). The molecule has 0 fully saturated rings. The van der Waals surface area contributed by atoms with Crippen molar-refractivity contribution in [2.75, 3.05) is 5.73 Å². The van der Waals surface area contributed by atoms with Crippen molar-refractivity contribution in [3.05, 3.63) is 41.1 Å². The molecule has 0 saturated heterocycles. The van der Waals surface area contributed by atoms with Crippen molar-refractivity contribution in [2.45, 2.75) is 33.6 Å². The summed E-state index contributed by atoms with van der Waals surface area (Å²) in [5.74, 6) is 1.99. The first-order valence-electron chi connectivity index (χ1n) is 6.35. The fourth-order valence-electron chi connectivity index (χ4n) is 2.01. The van der Waals surface area contributed by atoms with Crippen molar-refractivity contribution in [1.82, 2.24) is 9.97 Å². The molecule has 0 aliphatic heterocycles. The number of hydrogen-bond acceptors (Lipinski definition) is 4. The van der Waals surface area contributed by atoms with Crippen molar-refractivity contribution in [2.24, 2.45) is 0 Å². The molecule has 2 aromatic rings. The lowest BCUT2D eigenvalue weighted by atomic mass is 9.98. The molecule has 0 unspecified atom stereocenters. The van der Waals surface area contributed by atoms with Gasteiger partial charge in [-0.1, -0.05) is 19.9 Å². The minimum absolute atomic E-state index is 0.219. The SMILES string of the molecule is Cc1cc(Oc2nc(N)ncc2C)ccc1C(C)C. The van der Waals surface area contributed by atoms with E-state index in [1.807, 2.05) is 19.1 Å². The molecule has 2 rings (SSSR count). The summed E-state index contributed by atoms with van der Waals surface area (Å²) >= 11 is 0. The maximum atomic E-state index is 5.77. The highest BCUT2D eigenvalue weighted by atomic mass is 16.5.